The molecule has 82 valence electrons. The number of hydrogen-bond acceptors (Lipinski definition) is 3. The van der Waals surface area contributed by atoms with Crippen LogP contribution in [-0.2, 0) is 0 Å². The summed E-state index contributed by atoms with van der Waals surface area (Å²) >= 11 is 0. The Morgan fingerprint density at radius 1 is 1.25 bits per heavy atom. The molecule has 0 radical (unpaired) electrons. The van der Waals surface area contributed by atoms with Crippen LogP contribution in [0.15, 0.2) is 41.0 Å². The number of benzene rings is 1. The summed E-state index contributed by atoms with van der Waals surface area (Å²) in [6.07, 6.45) is 1.36. The van der Waals surface area contributed by atoms with E-state index in [1.165, 1.54) is 6.26 Å². The summed E-state index contributed by atoms with van der Waals surface area (Å²) in [5.41, 5.74) is 1.35. The van der Waals surface area contributed by atoms with Gasteiger partial charge in [-0.25, -0.2) is 4.79 Å². The second kappa shape index (κ2) is 4.10. The Hall–Kier alpha value is -2.23. The van der Waals surface area contributed by atoms with E-state index in [0.717, 1.165) is 11.3 Å². The molecule has 0 unspecified atom stereocenters. The van der Waals surface area contributed by atoms with Crippen molar-refractivity contribution in [3.63, 3.8) is 0 Å². The highest BCUT2D eigenvalue weighted by Crippen LogP contribution is 2.26. The van der Waals surface area contributed by atoms with Crippen molar-refractivity contribution < 1.29 is 19.1 Å². The van der Waals surface area contributed by atoms with Gasteiger partial charge in [0.05, 0.1) is 13.4 Å². The van der Waals surface area contributed by atoms with Crippen molar-refractivity contribution in [3.05, 3.63) is 42.4 Å². The van der Waals surface area contributed by atoms with Crippen LogP contribution in [0.2, 0.25) is 0 Å². The zero-order valence-electron chi connectivity index (χ0n) is 8.64. The van der Waals surface area contributed by atoms with Gasteiger partial charge in [-0.05, 0) is 23.8 Å². The number of methoxy groups -OCH3 is 1. The molecule has 1 aromatic carbocycles. The highest BCUT2D eigenvalue weighted by Gasteiger charge is 2.15. The van der Waals surface area contributed by atoms with E-state index in [1.807, 2.05) is 0 Å². The molecule has 0 aliphatic carbocycles. The average Bonchev–Trinajstić information content (AvgIpc) is 2.78. The maximum absolute atomic E-state index is 10.9. The predicted octanol–water partition coefficient (Wildman–Crippen LogP) is 2.65. The van der Waals surface area contributed by atoms with Gasteiger partial charge in [-0.2, -0.15) is 0 Å². The van der Waals surface area contributed by atoms with Gasteiger partial charge in [0.15, 0.2) is 0 Å². The van der Waals surface area contributed by atoms with Gasteiger partial charge in [0.2, 0.25) is 5.76 Å². The summed E-state index contributed by atoms with van der Waals surface area (Å²) < 4.78 is 9.93. The topological polar surface area (TPSA) is 59.7 Å². The third-order valence-corrected chi connectivity index (χ3v) is 2.26. The number of furan rings is 1. The van der Waals surface area contributed by atoms with Gasteiger partial charge in [-0.15, -0.1) is 0 Å². The van der Waals surface area contributed by atoms with Crippen molar-refractivity contribution in [2.75, 3.05) is 7.11 Å². The highest BCUT2D eigenvalue weighted by atomic mass is 16.5. The molecule has 1 N–H and O–H groups in total. The summed E-state index contributed by atoms with van der Waals surface area (Å²) in [5, 5.41) is 8.90. The Labute approximate surface area is 92.1 Å². The summed E-state index contributed by atoms with van der Waals surface area (Å²) in [7, 11) is 1.58. The maximum Gasteiger partial charge on any atom is 0.372 e. The van der Waals surface area contributed by atoms with Crippen LogP contribution in [0.3, 0.4) is 0 Å². The Morgan fingerprint density at radius 2 is 1.94 bits per heavy atom. The molecule has 0 saturated heterocycles. The average molecular weight is 218 g/mol. The molecule has 0 amide bonds. The van der Waals surface area contributed by atoms with Crippen LogP contribution in [0.4, 0.5) is 0 Å². The summed E-state index contributed by atoms with van der Waals surface area (Å²) in [5.74, 6) is -0.398. The first-order valence-electron chi connectivity index (χ1n) is 4.67. The number of aromatic carboxylic acids is 1. The van der Waals surface area contributed by atoms with Crippen molar-refractivity contribution in [3.8, 4) is 16.9 Å². The minimum atomic E-state index is -1.07. The van der Waals surface area contributed by atoms with Gasteiger partial charge >= 0.3 is 5.97 Å². The standard InChI is InChI=1S/C12H10O4/c1-15-9-4-2-8(3-5-9)10-6-7-16-11(10)12(13)14/h2-7H,1H3,(H,13,14). The Bertz CT molecular complexity index is 496. The monoisotopic (exact) mass is 218 g/mol. The van der Waals surface area contributed by atoms with E-state index in [4.69, 9.17) is 14.3 Å². The molecule has 0 saturated carbocycles. The van der Waals surface area contributed by atoms with Crippen LogP contribution < -0.4 is 4.74 Å². The van der Waals surface area contributed by atoms with Crippen LogP contribution in [-0.4, -0.2) is 18.2 Å². The Kier molecular flexibility index (Phi) is 2.64. The lowest BCUT2D eigenvalue weighted by Gasteiger charge is -2.02. The van der Waals surface area contributed by atoms with E-state index in [-0.39, 0.29) is 5.76 Å². The van der Waals surface area contributed by atoms with Gasteiger partial charge in [0.25, 0.3) is 0 Å². The molecule has 1 heterocycles. The highest BCUT2D eigenvalue weighted by molar-refractivity contribution is 5.93. The number of rotatable bonds is 3. The molecule has 0 atom stereocenters. The summed E-state index contributed by atoms with van der Waals surface area (Å²) in [6.45, 7) is 0. The summed E-state index contributed by atoms with van der Waals surface area (Å²) in [4.78, 5) is 10.9. The van der Waals surface area contributed by atoms with Gasteiger partial charge in [-0.3, -0.25) is 0 Å². The SMILES string of the molecule is COc1ccc(-c2ccoc2C(=O)O)cc1. The van der Waals surface area contributed by atoms with Gasteiger partial charge in [0.1, 0.15) is 5.75 Å². The fraction of sp³-hybridized carbons (Fsp3) is 0.0833. The molecule has 2 aromatic rings. The van der Waals surface area contributed by atoms with Crippen molar-refractivity contribution in [1.29, 1.82) is 0 Å². The third kappa shape index (κ3) is 1.77. The molecular formula is C12H10O4. The lowest BCUT2D eigenvalue weighted by Crippen LogP contribution is -1.95. The molecule has 16 heavy (non-hydrogen) atoms. The van der Waals surface area contributed by atoms with Crippen molar-refractivity contribution in [2.24, 2.45) is 0 Å². The zero-order valence-corrected chi connectivity index (χ0v) is 8.64. The van der Waals surface area contributed by atoms with E-state index < -0.39 is 5.97 Å². The minimum absolute atomic E-state index is 0.0508. The lowest BCUT2D eigenvalue weighted by atomic mass is 10.1. The van der Waals surface area contributed by atoms with Crippen LogP contribution in [0.5, 0.6) is 5.75 Å². The number of carboxylic acid groups (broad SMARTS) is 1. The number of carboxylic acids is 1. The molecule has 0 aliphatic rings. The van der Waals surface area contributed by atoms with E-state index in [9.17, 15) is 4.79 Å². The molecule has 0 bridgehead atoms. The van der Waals surface area contributed by atoms with Crippen LogP contribution >= 0.6 is 0 Å². The molecule has 1 aromatic heterocycles. The largest absolute Gasteiger partial charge is 0.497 e. The molecule has 0 fully saturated rings. The van der Waals surface area contributed by atoms with E-state index >= 15 is 0 Å². The second-order valence-electron chi connectivity index (χ2n) is 3.20. The quantitative estimate of drug-likeness (QED) is 0.860. The van der Waals surface area contributed by atoms with E-state index in [1.54, 1.807) is 37.4 Å². The predicted molar refractivity (Wildman–Crippen MR) is 57.7 cm³/mol. The Balaban J connectivity index is 2.42. The fourth-order valence-electron chi connectivity index (χ4n) is 1.47. The number of ether oxygens (including phenoxy) is 1. The van der Waals surface area contributed by atoms with Crippen LogP contribution in [0.25, 0.3) is 11.1 Å². The first-order valence-corrected chi connectivity index (χ1v) is 4.67. The number of carbonyl (C=O) groups is 1. The first kappa shape index (κ1) is 10.3. The third-order valence-electron chi connectivity index (χ3n) is 2.26. The molecule has 0 aliphatic heterocycles. The zero-order chi connectivity index (χ0) is 11.5. The van der Waals surface area contributed by atoms with Gasteiger partial charge in [0, 0.05) is 5.56 Å². The van der Waals surface area contributed by atoms with Gasteiger partial charge < -0.3 is 14.3 Å². The molecule has 2 rings (SSSR count). The number of hydrogen-bond donors (Lipinski definition) is 1. The second-order valence-corrected chi connectivity index (χ2v) is 3.20. The summed E-state index contributed by atoms with van der Waals surface area (Å²) in [6, 6.07) is 8.75. The fourth-order valence-corrected chi connectivity index (χ4v) is 1.47. The smallest absolute Gasteiger partial charge is 0.372 e. The normalized spacial score (nSPS) is 10.1. The van der Waals surface area contributed by atoms with Crippen LogP contribution in [0, 0.1) is 0 Å². The van der Waals surface area contributed by atoms with E-state index in [0.29, 0.717) is 5.56 Å². The lowest BCUT2D eigenvalue weighted by molar-refractivity contribution is 0.0663. The maximum atomic E-state index is 10.9. The van der Waals surface area contributed by atoms with E-state index in [2.05, 4.69) is 0 Å². The molecular weight excluding hydrogens is 208 g/mol. The molecule has 0 spiro atoms. The molecule has 4 nitrogen and oxygen atoms in total. The van der Waals surface area contributed by atoms with Crippen molar-refractivity contribution in [1.82, 2.24) is 0 Å². The van der Waals surface area contributed by atoms with Crippen LogP contribution in [0.1, 0.15) is 10.6 Å². The molecule has 4 heteroatoms. The van der Waals surface area contributed by atoms with Crippen molar-refractivity contribution in [2.45, 2.75) is 0 Å². The first-order chi connectivity index (χ1) is 7.72. The van der Waals surface area contributed by atoms with Crippen molar-refractivity contribution >= 4 is 5.97 Å². The minimum Gasteiger partial charge on any atom is -0.497 e. The van der Waals surface area contributed by atoms with Gasteiger partial charge in [-0.1, -0.05) is 12.1 Å². The Morgan fingerprint density at radius 3 is 2.50 bits per heavy atom.